The van der Waals surface area contributed by atoms with E-state index in [0.29, 0.717) is 6.04 Å². The molecule has 2 aliphatic heterocycles. The maximum Gasteiger partial charge on any atom is 0.164 e. The van der Waals surface area contributed by atoms with Crippen LogP contribution in [-0.2, 0) is 14.2 Å². The quantitative estimate of drug-likeness (QED) is 0.782. The summed E-state index contributed by atoms with van der Waals surface area (Å²) in [4.78, 5) is 0. The summed E-state index contributed by atoms with van der Waals surface area (Å²) in [6.45, 7) is 9.10. The van der Waals surface area contributed by atoms with Gasteiger partial charge in [-0.25, -0.2) is 0 Å². The van der Waals surface area contributed by atoms with Gasteiger partial charge in [-0.3, -0.25) is 0 Å². The Kier molecular flexibility index (Phi) is 2.19. The van der Waals surface area contributed by atoms with E-state index >= 15 is 0 Å². The third-order valence-corrected chi connectivity index (χ3v) is 3.62. The first-order valence-corrected chi connectivity index (χ1v) is 6.20. The summed E-state index contributed by atoms with van der Waals surface area (Å²) in [6.07, 6.45) is 1.51. The molecule has 16 heavy (non-hydrogen) atoms. The van der Waals surface area contributed by atoms with Crippen LogP contribution in [0.2, 0.25) is 0 Å². The zero-order valence-electron chi connectivity index (χ0n) is 10.4. The van der Waals surface area contributed by atoms with E-state index in [2.05, 4.69) is 19.2 Å². The standard InChI is InChI=1S/C12H21NO3/c1-7(2)13-6-8-10-12(5-9(12)14-8)16-11(3,4)15-10/h7-10,13H,5-6H2,1-4H3/t8-,9+,10-,12-/m1/s1. The van der Waals surface area contributed by atoms with Crippen molar-refractivity contribution in [3.63, 3.8) is 0 Å². The molecule has 0 aromatic carbocycles. The number of rotatable bonds is 3. The fourth-order valence-electron chi connectivity index (χ4n) is 2.93. The first-order valence-electron chi connectivity index (χ1n) is 6.20. The van der Waals surface area contributed by atoms with Crippen molar-refractivity contribution in [3.8, 4) is 0 Å². The van der Waals surface area contributed by atoms with Gasteiger partial charge in [0.15, 0.2) is 5.79 Å². The van der Waals surface area contributed by atoms with Gasteiger partial charge in [0.1, 0.15) is 11.7 Å². The predicted octanol–water partition coefficient (Wildman–Crippen LogP) is 1.05. The molecule has 3 rings (SSSR count). The van der Waals surface area contributed by atoms with Crippen LogP contribution in [0.1, 0.15) is 34.1 Å². The number of hydrogen-bond donors (Lipinski definition) is 1. The lowest BCUT2D eigenvalue weighted by Crippen LogP contribution is -2.42. The van der Waals surface area contributed by atoms with Gasteiger partial charge in [0.05, 0.1) is 12.2 Å². The van der Waals surface area contributed by atoms with Crippen molar-refractivity contribution in [2.24, 2.45) is 0 Å². The molecule has 0 radical (unpaired) electrons. The molecule has 3 fully saturated rings. The van der Waals surface area contributed by atoms with Crippen molar-refractivity contribution in [2.45, 2.75) is 69.9 Å². The van der Waals surface area contributed by atoms with Crippen LogP contribution in [0.5, 0.6) is 0 Å². The smallest absolute Gasteiger partial charge is 0.164 e. The molecule has 3 aliphatic rings. The van der Waals surface area contributed by atoms with E-state index in [9.17, 15) is 0 Å². The average molecular weight is 227 g/mol. The second-order valence-electron chi connectivity index (χ2n) is 5.93. The monoisotopic (exact) mass is 227 g/mol. The van der Waals surface area contributed by atoms with Gasteiger partial charge in [0, 0.05) is 19.0 Å². The summed E-state index contributed by atoms with van der Waals surface area (Å²) >= 11 is 0. The van der Waals surface area contributed by atoms with Gasteiger partial charge in [-0.1, -0.05) is 13.8 Å². The Hall–Kier alpha value is -0.160. The fourth-order valence-corrected chi connectivity index (χ4v) is 2.93. The molecule has 2 heterocycles. The summed E-state index contributed by atoms with van der Waals surface area (Å²) in [5.41, 5.74) is -0.118. The highest BCUT2D eigenvalue weighted by atomic mass is 16.8. The van der Waals surface area contributed by atoms with Crippen LogP contribution in [0.3, 0.4) is 0 Å². The molecule has 1 spiro atoms. The Bertz CT molecular complexity index is 305. The van der Waals surface area contributed by atoms with Crippen LogP contribution in [0.4, 0.5) is 0 Å². The molecular formula is C12H21NO3. The first kappa shape index (κ1) is 11.0. The Morgan fingerprint density at radius 2 is 2.12 bits per heavy atom. The van der Waals surface area contributed by atoms with Gasteiger partial charge in [0.2, 0.25) is 0 Å². The van der Waals surface area contributed by atoms with E-state index in [1.807, 2.05) is 13.8 Å². The molecule has 4 nitrogen and oxygen atoms in total. The lowest BCUT2D eigenvalue weighted by atomic mass is 10.1. The summed E-state index contributed by atoms with van der Waals surface area (Å²) in [5.74, 6) is -0.445. The Morgan fingerprint density at radius 1 is 1.38 bits per heavy atom. The molecule has 0 aromatic heterocycles. The largest absolute Gasteiger partial charge is 0.368 e. The van der Waals surface area contributed by atoms with E-state index in [1.165, 1.54) is 0 Å². The van der Waals surface area contributed by atoms with Gasteiger partial charge >= 0.3 is 0 Å². The van der Waals surface area contributed by atoms with Crippen molar-refractivity contribution in [1.82, 2.24) is 5.32 Å². The minimum Gasteiger partial charge on any atom is -0.368 e. The SMILES string of the molecule is CC(C)NC[C@H]1O[C@H]2C[C@@]23OC(C)(C)O[C@H]13. The first-order chi connectivity index (χ1) is 7.43. The molecule has 2 saturated heterocycles. The van der Waals surface area contributed by atoms with Crippen LogP contribution in [-0.4, -0.2) is 42.3 Å². The summed E-state index contributed by atoms with van der Waals surface area (Å²) < 4.78 is 17.9. The van der Waals surface area contributed by atoms with E-state index in [0.717, 1.165) is 13.0 Å². The van der Waals surface area contributed by atoms with Gasteiger partial charge in [-0.15, -0.1) is 0 Å². The van der Waals surface area contributed by atoms with Gasteiger partial charge < -0.3 is 19.5 Å². The van der Waals surface area contributed by atoms with Crippen LogP contribution in [0.25, 0.3) is 0 Å². The Balaban J connectivity index is 1.68. The van der Waals surface area contributed by atoms with Gasteiger partial charge in [0.25, 0.3) is 0 Å². The highest BCUT2D eigenvalue weighted by Gasteiger charge is 2.75. The highest BCUT2D eigenvalue weighted by Crippen LogP contribution is 2.60. The van der Waals surface area contributed by atoms with Crippen molar-refractivity contribution < 1.29 is 14.2 Å². The minimum atomic E-state index is -0.445. The molecule has 1 saturated carbocycles. The van der Waals surface area contributed by atoms with Crippen LogP contribution < -0.4 is 5.32 Å². The maximum absolute atomic E-state index is 6.00. The molecule has 1 N–H and O–H groups in total. The third kappa shape index (κ3) is 1.51. The fraction of sp³-hybridized carbons (Fsp3) is 1.00. The lowest BCUT2D eigenvalue weighted by molar-refractivity contribution is -0.175. The topological polar surface area (TPSA) is 39.7 Å². The molecular weight excluding hydrogens is 206 g/mol. The van der Waals surface area contributed by atoms with Crippen molar-refractivity contribution in [2.75, 3.05) is 6.54 Å². The van der Waals surface area contributed by atoms with E-state index in [-0.39, 0.29) is 23.9 Å². The number of nitrogens with one attached hydrogen (secondary N) is 1. The normalized spacial score (nSPS) is 48.2. The molecule has 4 atom stereocenters. The summed E-state index contributed by atoms with van der Waals surface area (Å²) in [6, 6.07) is 0.479. The summed E-state index contributed by atoms with van der Waals surface area (Å²) in [5, 5.41) is 3.40. The second-order valence-corrected chi connectivity index (χ2v) is 5.93. The van der Waals surface area contributed by atoms with Crippen LogP contribution in [0.15, 0.2) is 0 Å². The number of ether oxygens (including phenoxy) is 3. The van der Waals surface area contributed by atoms with Gasteiger partial charge in [-0.05, 0) is 13.8 Å². The molecule has 0 bridgehead atoms. The third-order valence-electron chi connectivity index (χ3n) is 3.62. The molecule has 0 unspecified atom stereocenters. The van der Waals surface area contributed by atoms with E-state index in [1.54, 1.807) is 0 Å². The molecule has 0 amide bonds. The highest BCUT2D eigenvalue weighted by molar-refractivity contribution is 5.22. The lowest BCUT2D eigenvalue weighted by Gasteiger charge is -2.23. The van der Waals surface area contributed by atoms with Crippen LogP contribution in [0, 0.1) is 0 Å². The average Bonchev–Trinajstić information content (AvgIpc) is 2.62. The van der Waals surface area contributed by atoms with Crippen molar-refractivity contribution in [1.29, 1.82) is 0 Å². The maximum atomic E-state index is 6.00. The molecule has 0 aromatic rings. The molecule has 4 heteroatoms. The van der Waals surface area contributed by atoms with Crippen molar-refractivity contribution >= 4 is 0 Å². The zero-order chi connectivity index (χ0) is 11.6. The predicted molar refractivity (Wildman–Crippen MR) is 59.2 cm³/mol. The molecule has 1 aliphatic carbocycles. The van der Waals surface area contributed by atoms with Gasteiger partial charge in [-0.2, -0.15) is 0 Å². The van der Waals surface area contributed by atoms with Crippen molar-refractivity contribution in [3.05, 3.63) is 0 Å². The molecule has 92 valence electrons. The Labute approximate surface area is 96.6 Å². The number of hydrogen-bond acceptors (Lipinski definition) is 4. The second kappa shape index (κ2) is 3.19. The minimum absolute atomic E-state index is 0.110. The van der Waals surface area contributed by atoms with E-state index < -0.39 is 5.79 Å². The van der Waals surface area contributed by atoms with Crippen LogP contribution >= 0.6 is 0 Å². The Morgan fingerprint density at radius 3 is 2.81 bits per heavy atom. The summed E-state index contributed by atoms with van der Waals surface area (Å²) in [7, 11) is 0. The zero-order valence-corrected chi connectivity index (χ0v) is 10.4. The van der Waals surface area contributed by atoms with E-state index in [4.69, 9.17) is 14.2 Å².